The van der Waals surface area contributed by atoms with Crippen molar-refractivity contribution < 1.29 is 14.1 Å². The first-order valence-corrected chi connectivity index (χ1v) is 10.8. The molecule has 1 atom stereocenters. The molecule has 0 aliphatic carbocycles. The van der Waals surface area contributed by atoms with Crippen LogP contribution in [0.25, 0.3) is 10.2 Å². The van der Waals surface area contributed by atoms with E-state index in [9.17, 15) is 4.79 Å². The van der Waals surface area contributed by atoms with Crippen LogP contribution in [0.1, 0.15) is 51.7 Å². The summed E-state index contributed by atoms with van der Waals surface area (Å²) in [6.07, 6.45) is 2.75. The summed E-state index contributed by atoms with van der Waals surface area (Å²) >= 11 is 1.53. The van der Waals surface area contributed by atoms with Crippen LogP contribution in [0.15, 0.2) is 28.8 Å². The normalized spacial score (nSPS) is 17.1. The number of carbonyl (C=O) groups excluding carboxylic acids is 1. The molecule has 0 saturated carbocycles. The number of thiazole rings is 1. The predicted molar refractivity (Wildman–Crippen MR) is 112 cm³/mol. The zero-order valence-corrected chi connectivity index (χ0v) is 17.9. The standard InChI is InChI=1S/C21H26N4O3S/c1-21(2,3)19-23-17(28-24-19)10-11-18(26)25(13-14-7-6-12-27-14)20-22-15-8-4-5-9-16(15)29-20/h4-5,8-9,14H,6-7,10-13H2,1-3H3. The molecule has 8 heteroatoms. The molecule has 4 rings (SSSR count). The zero-order valence-electron chi connectivity index (χ0n) is 17.1. The number of aromatic nitrogens is 3. The van der Waals surface area contributed by atoms with Gasteiger partial charge in [0.1, 0.15) is 0 Å². The highest BCUT2D eigenvalue weighted by Crippen LogP contribution is 2.30. The molecular formula is C21H26N4O3S. The van der Waals surface area contributed by atoms with E-state index in [4.69, 9.17) is 9.26 Å². The molecule has 29 heavy (non-hydrogen) atoms. The molecule has 1 aliphatic heterocycles. The minimum absolute atomic E-state index is 0.00457. The van der Waals surface area contributed by atoms with Gasteiger partial charge in [-0.3, -0.25) is 9.69 Å². The van der Waals surface area contributed by atoms with Gasteiger partial charge in [0.2, 0.25) is 11.8 Å². The van der Waals surface area contributed by atoms with E-state index in [0.29, 0.717) is 29.8 Å². The van der Waals surface area contributed by atoms with Crippen LogP contribution >= 0.6 is 11.3 Å². The number of benzene rings is 1. The van der Waals surface area contributed by atoms with E-state index in [1.165, 1.54) is 11.3 Å². The molecule has 0 bridgehead atoms. The largest absolute Gasteiger partial charge is 0.376 e. The Morgan fingerprint density at radius 1 is 1.28 bits per heavy atom. The summed E-state index contributed by atoms with van der Waals surface area (Å²) in [5, 5.41) is 4.75. The number of ether oxygens (including phenoxy) is 1. The maximum Gasteiger partial charge on any atom is 0.229 e. The monoisotopic (exact) mass is 414 g/mol. The van der Waals surface area contributed by atoms with Crippen molar-refractivity contribution in [1.29, 1.82) is 0 Å². The Hall–Kier alpha value is -2.32. The molecular weight excluding hydrogens is 388 g/mol. The van der Waals surface area contributed by atoms with E-state index >= 15 is 0 Å². The van der Waals surface area contributed by atoms with Crippen LogP contribution in [0.2, 0.25) is 0 Å². The van der Waals surface area contributed by atoms with Crippen molar-refractivity contribution in [2.75, 3.05) is 18.1 Å². The summed E-state index contributed by atoms with van der Waals surface area (Å²) in [5.74, 6) is 1.14. The van der Waals surface area contributed by atoms with Gasteiger partial charge in [-0.15, -0.1) is 0 Å². The number of anilines is 1. The molecule has 3 heterocycles. The van der Waals surface area contributed by atoms with Crippen molar-refractivity contribution in [1.82, 2.24) is 15.1 Å². The molecule has 0 N–H and O–H groups in total. The van der Waals surface area contributed by atoms with Crippen molar-refractivity contribution in [3.8, 4) is 0 Å². The molecule has 1 aliphatic rings. The molecule has 7 nitrogen and oxygen atoms in total. The highest BCUT2D eigenvalue weighted by Gasteiger charge is 2.27. The van der Waals surface area contributed by atoms with Gasteiger partial charge < -0.3 is 9.26 Å². The van der Waals surface area contributed by atoms with Crippen LogP contribution in [0, 0.1) is 0 Å². The summed E-state index contributed by atoms with van der Waals surface area (Å²) in [7, 11) is 0. The number of nitrogens with zero attached hydrogens (tertiary/aromatic N) is 4. The fraction of sp³-hybridized carbons (Fsp3) is 0.524. The lowest BCUT2D eigenvalue weighted by Crippen LogP contribution is -2.37. The smallest absolute Gasteiger partial charge is 0.229 e. The number of carbonyl (C=O) groups is 1. The van der Waals surface area contributed by atoms with E-state index in [1.54, 1.807) is 4.90 Å². The van der Waals surface area contributed by atoms with E-state index < -0.39 is 0 Å². The fourth-order valence-corrected chi connectivity index (χ4v) is 4.26. The lowest BCUT2D eigenvalue weighted by molar-refractivity contribution is -0.119. The number of aryl methyl sites for hydroxylation is 1. The van der Waals surface area contributed by atoms with Gasteiger partial charge >= 0.3 is 0 Å². The molecule has 1 saturated heterocycles. The number of rotatable bonds is 6. The number of hydrogen-bond donors (Lipinski definition) is 0. The number of fused-ring (bicyclic) bond motifs is 1. The molecule has 1 fully saturated rings. The van der Waals surface area contributed by atoms with Gasteiger partial charge in [-0.1, -0.05) is 49.4 Å². The minimum Gasteiger partial charge on any atom is -0.376 e. The first kappa shape index (κ1) is 20.0. The molecule has 1 unspecified atom stereocenters. The van der Waals surface area contributed by atoms with E-state index in [0.717, 1.165) is 29.7 Å². The molecule has 2 aromatic heterocycles. The summed E-state index contributed by atoms with van der Waals surface area (Å²) in [6.45, 7) is 7.37. The number of para-hydroxylation sites is 1. The number of hydrogen-bond acceptors (Lipinski definition) is 7. The summed E-state index contributed by atoms with van der Waals surface area (Å²) in [5.41, 5.74) is 0.725. The second kappa shape index (κ2) is 8.20. The zero-order chi connectivity index (χ0) is 20.4. The summed E-state index contributed by atoms with van der Waals surface area (Å²) in [6, 6.07) is 7.94. The van der Waals surface area contributed by atoms with Gasteiger partial charge in [0, 0.05) is 24.9 Å². The van der Waals surface area contributed by atoms with Crippen molar-refractivity contribution in [3.05, 3.63) is 36.0 Å². The SMILES string of the molecule is CC(C)(C)c1noc(CCC(=O)N(CC2CCCO2)c2nc3ccccc3s2)n1. The Morgan fingerprint density at radius 2 is 2.10 bits per heavy atom. The van der Waals surface area contributed by atoms with Crippen molar-refractivity contribution >= 4 is 32.6 Å². The third-order valence-corrected chi connectivity index (χ3v) is 5.98. The predicted octanol–water partition coefficient (Wildman–Crippen LogP) is 4.12. The van der Waals surface area contributed by atoms with Crippen LogP contribution in [0.3, 0.4) is 0 Å². The Kier molecular flexibility index (Phi) is 5.65. The summed E-state index contributed by atoms with van der Waals surface area (Å²) in [4.78, 5) is 24.0. The average molecular weight is 415 g/mol. The van der Waals surface area contributed by atoms with Crippen molar-refractivity contribution in [2.45, 2.75) is 58.0 Å². The lowest BCUT2D eigenvalue weighted by Gasteiger charge is -2.22. The third kappa shape index (κ3) is 4.64. The van der Waals surface area contributed by atoms with Gasteiger partial charge in [-0.05, 0) is 25.0 Å². The molecule has 1 aromatic carbocycles. The van der Waals surface area contributed by atoms with Crippen LogP contribution in [0.5, 0.6) is 0 Å². The molecule has 0 spiro atoms. The first-order valence-electron chi connectivity index (χ1n) is 10.0. The minimum atomic E-state index is -0.182. The topological polar surface area (TPSA) is 81.4 Å². The average Bonchev–Trinajstić information content (AvgIpc) is 3.43. The van der Waals surface area contributed by atoms with Crippen molar-refractivity contribution in [2.24, 2.45) is 0 Å². The van der Waals surface area contributed by atoms with Gasteiger partial charge in [-0.2, -0.15) is 4.98 Å². The van der Waals surface area contributed by atoms with Crippen LogP contribution in [-0.2, 0) is 21.4 Å². The van der Waals surface area contributed by atoms with E-state index in [1.807, 2.05) is 45.0 Å². The van der Waals surface area contributed by atoms with Crippen LogP contribution in [0.4, 0.5) is 5.13 Å². The second-order valence-corrected chi connectivity index (χ2v) is 9.37. The highest BCUT2D eigenvalue weighted by atomic mass is 32.1. The van der Waals surface area contributed by atoms with E-state index in [-0.39, 0.29) is 23.8 Å². The number of amides is 1. The third-order valence-electron chi connectivity index (χ3n) is 4.92. The van der Waals surface area contributed by atoms with E-state index in [2.05, 4.69) is 15.1 Å². The maximum atomic E-state index is 13.1. The maximum absolute atomic E-state index is 13.1. The van der Waals surface area contributed by atoms with Crippen LogP contribution in [-0.4, -0.2) is 40.3 Å². The Labute approximate surface area is 174 Å². The second-order valence-electron chi connectivity index (χ2n) is 8.37. The van der Waals surface area contributed by atoms with Crippen molar-refractivity contribution in [3.63, 3.8) is 0 Å². The Balaban J connectivity index is 1.50. The Morgan fingerprint density at radius 3 is 2.79 bits per heavy atom. The van der Waals surface area contributed by atoms with Gasteiger partial charge in [0.05, 0.1) is 22.9 Å². The van der Waals surface area contributed by atoms with Gasteiger partial charge in [0.15, 0.2) is 11.0 Å². The van der Waals surface area contributed by atoms with Crippen LogP contribution < -0.4 is 4.90 Å². The Bertz CT molecular complexity index is 952. The molecule has 154 valence electrons. The molecule has 0 radical (unpaired) electrons. The molecule has 3 aromatic rings. The first-order chi connectivity index (χ1) is 13.9. The van der Waals surface area contributed by atoms with Gasteiger partial charge in [-0.25, -0.2) is 4.98 Å². The summed E-state index contributed by atoms with van der Waals surface area (Å²) < 4.78 is 12.2. The molecule has 1 amide bonds. The van der Waals surface area contributed by atoms with Gasteiger partial charge in [0.25, 0.3) is 0 Å². The quantitative estimate of drug-likeness (QED) is 0.603. The lowest BCUT2D eigenvalue weighted by atomic mass is 9.96. The highest BCUT2D eigenvalue weighted by molar-refractivity contribution is 7.22. The fourth-order valence-electron chi connectivity index (χ4n) is 3.26.